The van der Waals surface area contributed by atoms with Gasteiger partial charge in [-0.15, -0.1) is 0 Å². The minimum absolute atomic E-state index is 0.288. The Labute approximate surface area is 102 Å². The van der Waals surface area contributed by atoms with E-state index >= 15 is 0 Å². The fraction of sp³-hybridized carbons (Fsp3) is 1.00. The predicted octanol–water partition coefficient (Wildman–Crippen LogP) is 2.08. The maximum absolute atomic E-state index is 11.1. The van der Waals surface area contributed by atoms with Crippen LogP contribution in [0.5, 0.6) is 0 Å². The summed E-state index contributed by atoms with van der Waals surface area (Å²) >= 11 is 0. The van der Waals surface area contributed by atoms with E-state index in [9.17, 15) is 8.42 Å². The molecule has 1 aliphatic carbocycles. The van der Waals surface area contributed by atoms with Crippen LogP contribution in [0.4, 0.5) is 0 Å². The highest BCUT2D eigenvalue weighted by atomic mass is 32.2. The van der Waals surface area contributed by atoms with Gasteiger partial charge in [0.2, 0.25) is 0 Å². The monoisotopic (exact) mass is 264 g/mol. The molecule has 2 atom stereocenters. The highest BCUT2D eigenvalue weighted by Gasteiger charge is 2.55. The maximum atomic E-state index is 11.1. The highest BCUT2D eigenvalue weighted by molar-refractivity contribution is 7.86. The minimum Gasteiger partial charge on any atom is -0.264 e. The van der Waals surface area contributed by atoms with Gasteiger partial charge in [-0.2, -0.15) is 8.42 Å². The Balaban J connectivity index is 2.50. The third-order valence-corrected chi connectivity index (χ3v) is 7.21. The summed E-state index contributed by atoms with van der Waals surface area (Å²) in [7, 11) is -3.59. The molecule has 16 heavy (non-hydrogen) atoms. The van der Waals surface area contributed by atoms with Crippen LogP contribution in [0.2, 0.25) is 10.6 Å². The van der Waals surface area contributed by atoms with E-state index in [-0.39, 0.29) is 15.1 Å². The van der Waals surface area contributed by atoms with Gasteiger partial charge in [-0.1, -0.05) is 33.6 Å². The van der Waals surface area contributed by atoms with Crippen molar-refractivity contribution < 1.29 is 12.6 Å². The van der Waals surface area contributed by atoms with Crippen LogP contribution < -0.4 is 0 Å². The van der Waals surface area contributed by atoms with Crippen molar-refractivity contribution in [1.82, 2.24) is 0 Å². The molecule has 0 N–H and O–H groups in total. The second kappa shape index (κ2) is 4.42. The fourth-order valence-corrected chi connectivity index (χ4v) is 6.75. The van der Waals surface area contributed by atoms with Crippen LogP contribution in [0.3, 0.4) is 0 Å². The molecule has 2 unspecified atom stereocenters. The van der Waals surface area contributed by atoms with Gasteiger partial charge in [0, 0.05) is 9.52 Å². The Morgan fingerprint density at radius 2 is 2.06 bits per heavy atom. The molecule has 0 bridgehead atoms. The summed E-state index contributed by atoms with van der Waals surface area (Å²) in [5.41, 5.74) is 0.161. The zero-order valence-electron chi connectivity index (χ0n) is 11.0. The lowest BCUT2D eigenvalue weighted by Gasteiger charge is -2.24. The van der Waals surface area contributed by atoms with Crippen molar-refractivity contribution in [2.45, 2.75) is 63.1 Å². The van der Waals surface area contributed by atoms with Crippen molar-refractivity contribution in [2.75, 3.05) is 6.26 Å². The van der Waals surface area contributed by atoms with E-state index in [4.69, 9.17) is 4.18 Å². The van der Waals surface area contributed by atoms with Gasteiger partial charge in [-0.3, -0.25) is 4.18 Å². The van der Waals surface area contributed by atoms with Gasteiger partial charge in [0.25, 0.3) is 10.1 Å². The predicted molar refractivity (Wildman–Crippen MR) is 70.2 cm³/mol. The van der Waals surface area contributed by atoms with Crippen molar-refractivity contribution in [2.24, 2.45) is 0 Å². The maximum Gasteiger partial charge on any atom is 0.264 e. The van der Waals surface area contributed by atoms with E-state index in [1.807, 2.05) is 6.92 Å². The normalized spacial score (nSPS) is 31.2. The Kier molecular flexibility index (Phi) is 3.92. The molecule has 0 heterocycles. The van der Waals surface area contributed by atoms with Gasteiger partial charge in [-0.25, -0.2) is 0 Å². The van der Waals surface area contributed by atoms with E-state index in [1.165, 1.54) is 12.8 Å². The number of rotatable bonds is 6. The quantitative estimate of drug-likeness (QED) is 0.545. The van der Waals surface area contributed by atoms with E-state index in [2.05, 4.69) is 20.8 Å². The summed E-state index contributed by atoms with van der Waals surface area (Å²) in [5.74, 6) is 0. The summed E-state index contributed by atoms with van der Waals surface area (Å²) < 4.78 is 27.4. The van der Waals surface area contributed by atoms with Crippen LogP contribution >= 0.6 is 0 Å². The van der Waals surface area contributed by atoms with Crippen LogP contribution in [0.25, 0.3) is 0 Å². The Hall–Kier alpha value is 0.127. The average molecular weight is 264 g/mol. The summed E-state index contributed by atoms with van der Waals surface area (Å²) in [4.78, 5) is 0. The molecule has 1 saturated carbocycles. The SMILES string of the molecule is CCCC(C)(C)[SiH2]C1CC1(C)OS(C)(=O)=O. The molecule has 0 aliphatic heterocycles. The molecule has 3 nitrogen and oxygen atoms in total. The van der Waals surface area contributed by atoms with E-state index in [0.717, 1.165) is 12.7 Å². The smallest absolute Gasteiger partial charge is 0.264 e. The number of hydrogen-bond donors (Lipinski definition) is 0. The second-order valence-electron chi connectivity index (χ2n) is 6.12. The lowest BCUT2D eigenvalue weighted by molar-refractivity contribution is 0.210. The van der Waals surface area contributed by atoms with Crippen LogP contribution in [-0.2, 0) is 14.3 Å². The Bertz CT molecular complexity index is 350. The summed E-state index contributed by atoms with van der Waals surface area (Å²) in [6, 6.07) is 0. The van der Waals surface area contributed by atoms with Crippen molar-refractivity contribution in [3.8, 4) is 0 Å². The molecule has 0 amide bonds. The Morgan fingerprint density at radius 3 is 2.50 bits per heavy atom. The molecular formula is C11H24O3SSi. The molecule has 1 rings (SSSR count). The molecule has 96 valence electrons. The average Bonchev–Trinajstić information content (AvgIpc) is 2.53. The second-order valence-corrected chi connectivity index (χ2v) is 11.0. The van der Waals surface area contributed by atoms with Crippen molar-refractivity contribution in [3.05, 3.63) is 0 Å². The summed E-state index contributed by atoms with van der Waals surface area (Å²) in [6.45, 7) is 8.76. The fourth-order valence-electron chi connectivity index (χ4n) is 2.61. The van der Waals surface area contributed by atoms with Gasteiger partial charge in [0.1, 0.15) is 0 Å². The van der Waals surface area contributed by atoms with Crippen molar-refractivity contribution in [3.63, 3.8) is 0 Å². The first-order valence-electron chi connectivity index (χ1n) is 5.99. The third-order valence-electron chi connectivity index (χ3n) is 3.42. The molecule has 0 radical (unpaired) electrons. The van der Waals surface area contributed by atoms with E-state index in [1.54, 1.807) is 0 Å². The van der Waals surface area contributed by atoms with Gasteiger partial charge >= 0.3 is 0 Å². The standard InChI is InChI=1S/C11H24O3SSi/c1-6-7-10(2,3)16-9-8-11(9,4)14-15(5,12)13/h9H,6-8,16H2,1-5H3. The third kappa shape index (κ3) is 4.18. The molecule has 0 aromatic heterocycles. The van der Waals surface area contributed by atoms with Gasteiger partial charge in [0.05, 0.1) is 11.9 Å². The van der Waals surface area contributed by atoms with Crippen molar-refractivity contribution in [1.29, 1.82) is 0 Å². The lowest BCUT2D eigenvalue weighted by Crippen LogP contribution is -2.21. The molecule has 1 fully saturated rings. The first kappa shape index (κ1) is 14.2. The van der Waals surface area contributed by atoms with Crippen LogP contribution in [0.1, 0.15) is 47.0 Å². The van der Waals surface area contributed by atoms with Gasteiger partial charge in [0.15, 0.2) is 0 Å². The molecule has 0 spiro atoms. The van der Waals surface area contributed by atoms with E-state index in [0.29, 0.717) is 10.6 Å². The largest absolute Gasteiger partial charge is 0.264 e. The van der Waals surface area contributed by atoms with Crippen LogP contribution in [0.15, 0.2) is 0 Å². The molecule has 0 aromatic rings. The summed E-state index contributed by atoms with van der Waals surface area (Å²) in [5, 5.41) is 0.429. The molecule has 0 saturated heterocycles. The highest BCUT2D eigenvalue weighted by Crippen LogP contribution is 2.55. The molecule has 1 aliphatic rings. The molecular weight excluding hydrogens is 240 g/mol. The van der Waals surface area contributed by atoms with Gasteiger partial charge < -0.3 is 0 Å². The lowest BCUT2D eigenvalue weighted by atomic mass is 10.1. The van der Waals surface area contributed by atoms with Gasteiger partial charge in [-0.05, 0) is 23.9 Å². The zero-order chi connectivity index (χ0) is 12.6. The first-order chi connectivity index (χ1) is 7.08. The van der Waals surface area contributed by atoms with E-state index < -0.39 is 10.1 Å². The van der Waals surface area contributed by atoms with Crippen molar-refractivity contribution >= 4 is 19.6 Å². The zero-order valence-corrected chi connectivity index (χ0v) is 13.3. The topological polar surface area (TPSA) is 43.4 Å². The minimum atomic E-state index is -3.30. The molecule has 5 heteroatoms. The number of hydrogen-bond acceptors (Lipinski definition) is 3. The molecule has 0 aromatic carbocycles. The Morgan fingerprint density at radius 1 is 1.50 bits per heavy atom. The summed E-state index contributed by atoms with van der Waals surface area (Å²) in [6.07, 6.45) is 4.52. The van der Waals surface area contributed by atoms with Crippen LogP contribution in [-0.4, -0.2) is 29.8 Å². The van der Waals surface area contributed by atoms with Crippen LogP contribution in [0, 0.1) is 0 Å². The first-order valence-corrected chi connectivity index (χ1v) is 9.33.